The van der Waals surface area contributed by atoms with Gasteiger partial charge >= 0.3 is 0 Å². The van der Waals surface area contributed by atoms with Crippen LogP contribution in [0, 0.1) is 6.92 Å². The summed E-state index contributed by atoms with van der Waals surface area (Å²) in [6.45, 7) is 7.55. The van der Waals surface area contributed by atoms with Crippen LogP contribution in [0.3, 0.4) is 0 Å². The van der Waals surface area contributed by atoms with Gasteiger partial charge in [0.1, 0.15) is 17.3 Å². The highest BCUT2D eigenvalue weighted by Crippen LogP contribution is 2.40. The molecule has 1 fully saturated rings. The third-order valence-corrected chi connectivity index (χ3v) is 5.63. The zero-order valence-electron chi connectivity index (χ0n) is 20.3. The standard InChI is InChI=1S/C27H33NO6/c1-5-13-33-21-9-7-8-19(17-21)24-23(26(30)27(31)28(24)12-15-32-4)25(29)20-10-11-22(18(3)16-20)34-14-6-2/h7-11,16-17,24,29H,5-6,12-15H2,1-4H3/b25-23+. The molecule has 0 aliphatic carbocycles. The van der Waals surface area contributed by atoms with Gasteiger partial charge in [0.15, 0.2) is 0 Å². The van der Waals surface area contributed by atoms with E-state index in [1.54, 1.807) is 18.2 Å². The molecule has 0 aromatic heterocycles. The number of rotatable bonds is 11. The van der Waals surface area contributed by atoms with Crippen molar-refractivity contribution in [3.8, 4) is 11.5 Å². The first-order valence-corrected chi connectivity index (χ1v) is 11.7. The summed E-state index contributed by atoms with van der Waals surface area (Å²) in [4.78, 5) is 27.5. The Labute approximate surface area is 200 Å². The number of aliphatic hydroxyl groups excluding tert-OH is 1. The number of ketones is 1. The normalized spacial score (nSPS) is 17.3. The third kappa shape index (κ3) is 5.42. The lowest BCUT2D eigenvalue weighted by atomic mass is 9.94. The van der Waals surface area contributed by atoms with Crippen molar-refractivity contribution >= 4 is 17.4 Å². The number of aliphatic hydroxyl groups is 1. The SMILES string of the molecule is CCCOc1cccc(C2/C(=C(\O)c3ccc(OCCC)c(C)c3)C(=O)C(=O)N2CCOC)c1. The van der Waals surface area contributed by atoms with E-state index < -0.39 is 17.7 Å². The van der Waals surface area contributed by atoms with E-state index in [0.717, 1.165) is 24.2 Å². The molecule has 1 heterocycles. The minimum Gasteiger partial charge on any atom is -0.507 e. The Morgan fingerprint density at radius 2 is 1.74 bits per heavy atom. The summed E-state index contributed by atoms with van der Waals surface area (Å²) in [5.41, 5.74) is 2.02. The molecule has 7 nitrogen and oxygen atoms in total. The van der Waals surface area contributed by atoms with Crippen molar-refractivity contribution in [2.75, 3.05) is 33.5 Å². The molecule has 2 aromatic carbocycles. The van der Waals surface area contributed by atoms with Crippen LogP contribution in [0.2, 0.25) is 0 Å². The average molecular weight is 468 g/mol. The Hall–Kier alpha value is -3.32. The van der Waals surface area contributed by atoms with Crippen LogP contribution >= 0.6 is 0 Å². The topological polar surface area (TPSA) is 85.3 Å². The lowest BCUT2D eigenvalue weighted by Gasteiger charge is -2.25. The molecule has 182 valence electrons. The molecule has 1 N–H and O–H groups in total. The second-order valence-corrected chi connectivity index (χ2v) is 8.23. The number of amides is 1. The molecule has 0 saturated carbocycles. The van der Waals surface area contributed by atoms with E-state index >= 15 is 0 Å². The molecule has 0 spiro atoms. The van der Waals surface area contributed by atoms with Gasteiger partial charge in [-0.15, -0.1) is 0 Å². The highest BCUT2D eigenvalue weighted by molar-refractivity contribution is 6.46. The molecule has 0 bridgehead atoms. The van der Waals surface area contributed by atoms with Crippen LogP contribution in [0.5, 0.6) is 11.5 Å². The molecule has 1 amide bonds. The molecule has 1 unspecified atom stereocenters. The smallest absolute Gasteiger partial charge is 0.295 e. The molecule has 7 heteroatoms. The van der Waals surface area contributed by atoms with Crippen molar-refractivity contribution < 1.29 is 28.9 Å². The monoisotopic (exact) mass is 467 g/mol. The number of nitrogens with zero attached hydrogens (tertiary/aromatic N) is 1. The second-order valence-electron chi connectivity index (χ2n) is 8.23. The number of Topliss-reactive ketones (excluding diaryl/α,β-unsaturated/α-hetero) is 1. The largest absolute Gasteiger partial charge is 0.507 e. The molecule has 0 radical (unpaired) electrons. The summed E-state index contributed by atoms with van der Waals surface area (Å²) in [6.07, 6.45) is 1.74. The first-order chi connectivity index (χ1) is 16.4. The Bertz CT molecular complexity index is 1060. The Balaban J connectivity index is 2.09. The summed E-state index contributed by atoms with van der Waals surface area (Å²) in [6, 6.07) is 11.8. The van der Waals surface area contributed by atoms with E-state index in [4.69, 9.17) is 14.2 Å². The molecular formula is C27H33NO6. The van der Waals surface area contributed by atoms with E-state index in [1.165, 1.54) is 12.0 Å². The number of likely N-dealkylation sites (tertiary alicyclic amines) is 1. The molecule has 1 atom stereocenters. The minimum atomic E-state index is -0.753. The summed E-state index contributed by atoms with van der Waals surface area (Å²) < 4.78 is 16.7. The summed E-state index contributed by atoms with van der Waals surface area (Å²) in [5.74, 6) is -0.236. The van der Waals surface area contributed by atoms with E-state index in [0.29, 0.717) is 30.1 Å². The number of carbonyl (C=O) groups is 2. The molecule has 1 aliphatic heterocycles. The molecule has 34 heavy (non-hydrogen) atoms. The van der Waals surface area contributed by atoms with Crippen LogP contribution in [0.1, 0.15) is 49.4 Å². The summed E-state index contributed by atoms with van der Waals surface area (Å²) >= 11 is 0. The Morgan fingerprint density at radius 1 is 1.00 bits per heavy atom. The average Bonchev–Trinajstić information content (AvgIpc) is 3.10. The van der Waals surface area contributed by atoms with Crippen LogP contribution in [-0.4, -0.2) is 55.2 Å². The van der Waals surface area contributed by atoms with E-state index in [9.17, 15) is 14.7 Å². The quantitative estimate of drug-likeness (QED) is 0.294. The predicted octanol–water partition coefficient (Wildman–Crippen LogP) is 4.64. The van der Waals surface area contributed by atoms with Gasteiger partial charge in [0, 0.05) is 19.2 Å². The van der Waals surface area contributed by atoms with Gasteiger partial charge in [-0.1, -0.05) is 26.0 Å². The first kappa shape index (κ1) is 25.3. The zero-order valence-corrected chi connectivity index (χ0v) is 20.3. The van der Waals surface area contributed by atoms with Crippen molar-refractivity contribution in [2.45, 2.75) is 39.7 Å². The fourth-order valence-electron chi connectivity index (χ4n) is 3.97. The van der Waals surface area contributed by atoms with E-state index in [2.05, 4.69) is 0 Å². The van der Waals surface area contributed by atoms with Gasteiger partial charge in [0.25, 0.3) is 11.7 Å². The molecule has 3 rings (SSSR count). The first-order valence-electron chi connectivity index (χ1n) is 11.7. The number of methoxy groups -OCH3 is 1. The van der Waals surface area contributed by atoms with Crippen LogP contribution in [0.15, 0.2) is 48.0 Å². The summed E-state index contributed by atoms with van der Waals surface area (Å²) in [5, 5.41) is 11.3. The minimum absolute atomic E-state index is 0.0513. The fraction of sp³-hybridized carbons (Fsp3) is 0.407. The number of carbonyl (C=O) groups excluding carboxylic acids is 2. The molecule has 1 saturated heterocycles. The summed E-state index contributed by atoms with van der Waals surface area (Å²) in [7, 11) is 1.54. The van der Waals surface area contributed by atoms with E-state index in [1.807, 2.05) is 45.0 Å². The lowest BCUT2D eigenvalue weighted by Crippen LogP contribution is -2.32. The van der Waals surface area contributed by atoms with Crippen molar-refractivity contribution in [3.63, 3.8) is 0 Å². The number of ether oxygens (including phenoxy) is 3. The number of hydrogen-bond acceptors (Lipinski definition) is 6. The van der Waals surface area contributed by atoms with Gasteiger partial charge in [0.2, 0.25) is 0 Å². The predicted molar refractivity (Wildman–Crippen MR) is 130 cm³/mol. The van der Waals surface area contributed by atoms with Gasteiger partial charge in [0.05, 0.1) is 31.4 Å². The van der Waals surface area contributed by atoms with Gasteiger partial charge in [-0.25, -0.2) is 0 Å². The maximum atomic E-state index is 13.1. The zero-order chi connectivity index (χ0) is 24.7. The Kier molecular flexibility index (Phi) is 8.71. The van der Waals surface area contributed by atoms with Crippen LogP contribution in [0.25, 0.3) is 5.76 Å². The van der Waals surface area contributed by atoms with Crippen LogP contribution in [0.4, 0.5) is 0 Å². The molecule has 2 aromatic rings. The molecule has 1 aliphatic rings. The number of aryl methyl sites for hydroxylation is 1. The van der Waals surface area contributed by atoms with E-state index in [-0.39, 0.29) is 24.5 Å². The van der Waals surface area contributed by atoms with Crippen LogP contribution in [-0.2, 0) is 14.3 Å². The Morgan fingerprint density at radius 3 is 2.41 bits per heavy atom. The van der Waals surface area contributed by atoms with Gasteiger partial charge in [-0.3, -0.25) is 9.59 Å². The highest BCUT2D eigenvalue weighted by Gasteiger charge is 2.46. The van der Waals surface area contributed by atoms with Gasteiger partial charge in [-0.05, 0) is 61.2 Å². The number of hydrogen-bond donors (Lipinski definition) is 1. The highest BCUT2D eigenvalue weighted by atomic mass is 16.5. The maximum absolute atomic E-state index is 13.1. The third-order valence-electron chi connectivity index (χ3n) is 5.63. The van der Waals surface area contributed by atoms with Gasteiger partial charge < -0.3 is 24.2 Å². The lowest BCUT2D eigenvalue weighted by molar-refractivity contribution is -0.140. The van der Waals surface area contributed by atoms with Crippen molar-refractivity contribution in [3.05, 3.63) is 64.7 Å². The second kappa shape index (κ2) is 11.7. The van der Waals surface area contributed by atoms with Crippen LogP contribution < -0.4 is 9.47 Å². The fourth-order valence-corrected chi connectivity index (χ4v) is 3.97. The van der Waals surface area contributed by atoms with Gasteiger partial charge in [-0.2, -0.15) is 0 Å². The maximum Gasteiger partial charge on any atom is 0.295 e. The van der Waals surface area contributed by atoms with Crippen molar-refractivity contribution in [1.29, 1.82) is 0 Å². The number of benzene rings is 2. The molecular weight excluding hydrogens is 434 g/mol. The van der Waals surface area contributed by atoms with Crippen molar-refractivity contribution in [2.24, 2.45) is 0 Å². The van der Waals surface area contributed by atoms with Crippen molar-refractivity contribution in [1.82, 2.24) is 4.90 Å².